The molecule has 0 radical (unpaired) electrons. The number of hydrogen-bond acceptors (Lipinski definition) is 3. The zero-order valence-corrected chi connectivity index (χ0v) is 16.2. The van der Waals surface area contributed by atoms with Gasteiger partial charge in [-0.05, 0) is 62.1 Å². The molecule has 1 aliphatic heterocycles. The van der Waals surface area contributed by atoms with Crippen molar-refractivity contribution in [1.82, 2.24) is 4.31 Å². The third-order valence-electron chi connectivity index (χ3n) is 4.91. The molecule has 5 heteroatoms. The zero-order valence-electron chi connectivity index (χ0n) is 15.4. The largest absolute Gasteiger partial charge is 0.369 e. The standard InChI is InChI=1S/C20H26N2O2S/c1-15-5-7-17(3)19(13-15)21-9-11-22(12-10-21)25(23,24)20-14-16(2)6-8-18(20)4/h5-8,13-14H,9-12H2,1-4H3. The summed E-state index contributed by atoms with van der Waals surface area (Å²) in [4.78, 5) is 2.73. The van der Waals surface area contributed by atoms with Crippen molar-refractivity contribution in [3.05, 3.63) is 58.7 Å². The molecule has 1 fully saturated rings. The van der Waals surface area contributed by atoms with Gasteiger partial charge in [0, 0.05) is 31.9 Å². The van der Waals surface area contributed by atoms with E-state index < -0.39 is 10.0 Å². The fraction of sp³-hybridized carbons (Fsp3) is 0.400. The van der Waals surface area contributed by atoms with Crippen molar-refractivity contribution in [3.8, 4) is 0 Å². The van der Waals surface area contributed by atoms with Gasteiger partial charge in [0.15, 0.2) is 0 Å². The van der Waals surface area contributed by atoms with E-state index in [4.69, 9.17) is 0 Å². The number of rotatable bonds is 3. The monoisotopic (exact) mass is 358 g/mol. The predicted octanol–water partition coefficient (Wildman–Crippen LogP) is 3.43. The third-order valence-corrected chi connectivity index (χ3v) is 6.95. The first kappa shape index (κ1) is 18.0. The molecule has 1 saturated heterocycles. The van der Waals surface area contributed by atoms with Gasteiger partial charge in [-0.1, -0.05) is 24.3 Å². The second-order valence-corrected chi connectivity index (χ2v) is 8.86. The van der Waals surface area contributed by atoms with Crippen LogP contribution in [0.25, 0.3) is 0 Å². The summed E-state index contributed by atoms with van der Waals surface area (Å²) in [6.07, 6.45) is 0. The van der Waals surface area contributed by atoms with Gasteiger partial charge in [-0.2, -0.15) is 4.31 Å². The van der Waals surface area contributed by atoms with Gasteiger partial charge in [0.1, 0.15) is 0 Å². The summed E-state index contributed by atoms with van der Waals surface area (Å²) in [6.45, 7) is 10.4. The van der Waals surface area contributed by atoms with Crippen molar-refractivity contribution in [2.75, 3.05) is 31.1 Å². The van der Waals surface area contributed by atoms with E-state index in [-0.39, 0.29) is 0 Å². The average Bonchev–Trinajstić information content (AvgIpc) is 2.59. The highest BCUT2D eigenvalue weighted by Gasteiger charge is 2.30. The Morgan fingerprint density at radius 3 is 1.96 bits per heavy atom. The molecular weight excluding hydrogens is 332 g/mol. The van der Waals surface area contributed by atoms with Crippen LogP contribution in [0, 0.1) is 27.7 Å². The molecule has 1 heterocycles. The van der Waals surface area contributed by atoms with Crippen LogP contribution < -0.4 is 4.90 Å². The molecule has 25 heavy (non-hydrogen) atoms. The van der Waals surface area contributed by atoms with Crippen molar-refractivity contribution in [3.63, 3.8) is 0 Å². The average molecular weight is 359 g/mol. The van der Waals surface area contributed by atoms with Crippen molar-refractivity contribution < 1.29 is 8.42 Å². The maximum atomic E-state index is 13.0. The first-order chi connectivity index (χ1) is 11.8. The van der Waals surface area contributed by atoms with Crippen LogP contribution in [0.1, 0.15) is 22.3 Å². The van der Waals surface area contributed by atoms with E-state index in [0.29, 0.717) is 31.1 Å². The molecule has 2 aromatic rings. The van der Waals surface area contributed by atoms with E-state index in [1.165, 1.54) is 16.8 Å². The number of nitrogens with zero attached hydrogens (tertiary/aromatic N) is 2. The quantitative estimate of drug-likeness (QED) is 0.844. The van der Waals surface area contributed by atoms with E-state index in [1.807, 2.05) is 26.0 Å². The summed E-state index contributed by atoms with van der Waals surface area (Å²) in [5.41, 5.74) is 5.45. The number of benzene rings is 2. The molecule has 0 atom stereocenters. The molecule has 2 aromatic carbocycles. The van der Waals surface area contributed by atoms with Crippen LogP contribution in [0.3, 0.4) is 0 Å². The number of hydrogen-bond donors (Lipinski definition) is 0. The minimum Gasteiger partial charge on any atom is -0.369 e. The lowest BCUT2D eigenvalue weighted by Gasteiger charge is -2.36. The van der Waals surface area contributed by atoms with Crippen LogP contribution in [-0.2, 0) is 10.0 Å². The van der Waals surface area contributed by atoms with E-state index in [0.717, 1.165) is 11.1 Å². The topological polar surface area (TPSA) is 40.6 Å². The molecular formula is C20H26N2O2S. The summed E-state index contributed by atoms with van der Waals surface area (Å²) >= 11 is 0. The molecule has 0 aliphatic carbocycles. The highest BCUT2D eigenvalue weighted by Crippen LogP contribution is 2.26. The molecule has 3 rings (SSSR count). The maximum absolute atomic E-state index is 13.0. The van der Waals surface area contributed by atoms with Crippen LogP contribution >= 0.6 is 0 Å². The number of aryl methyl sites for hydroxylation is 4. The molecule has 0 spiro atoms. The fourth-order valence-corrected chi connectivity index (χ4v) is 5.09. The Hall–Kier alpha value is -1.85. The van der Waals surface area contributed by atoms with Crippen LogP contribution in [-0.4, -0.2) is 38.9 Å². The third kappa shape index (κ3) is 3.58. The van der Waals surface area contributed by atoms with Gasteiger partial charge in [0.2, 0.25) is 10.0 Å². The first-order valence-corrected chi connectivity index (χ1v) is 10.1. The van der Waals surface area contributed by atoms with Crippen molar-refractivity contribution >= 4 is 15.7 Å². The summed E-state index contributed by atoms with van der Waals surface area (Å²) in [7, 11) is -3.43. The van der Waals surface area contributed by atoms with Crippen LogP contribution in [0.2, 0.25) is 0 Å². The molecule has 0 saturated carbocycles. The Kier molecular flexibility index (Phi) is 4.89. The smallest absolute Gasteiger partial charge is 0.243 e. The summed E-state index contributed by atoms with van der Waals surface area (Å²) in [6, 6.07) is 12.0. The van der Waals surface area contributed by atoms with Crippen LogP contribution in [0.4, 0.5) is 5.69 Å². The van der Waals surface area contributed by atoms with Gasteiger partial charge in [0.25, 0.3) is 0 Å². The van der Waals surface area contributed by atoms with Gasteiger partial charge in [-0.3, -0.25) is 0 Å². The lowest BCUT2D eigenvalue weighted by atomic mass is 10.1. The Labute approximate surface area is 151 Å². The van der Waals surface area contributed by atoms with Crippen LogP contribution in [0.5, 0.6) is 0 Å². The molecule has 0 amide bonds. The molecule has 1 aliphatic rings. The van der Waals surface area contributed by atoms with E-state index in [1.54, 1.807) is 10.4 Å². The number of piperazine rings is 1. The minimum atomic E-state index is -3.43. The number of anilines is 1. The molecule has 0 N–H and O–H groups in total. The summed E-state index contributed by atoms with van der Waals surface area (Å²) in [5.74, 6) is 0. The van der Waals surface area contributed by atoms with Gasteiger partial charge in [0.05, 0.1) is 4.90 Å². The van der Waals surface area contributed by atoms with Crippen molar-refractivity contribution in [2.45, 2.75) is 32.6 Å². The van der Waals surface area contributed by atoms with E-state index in [9.17, 15) is 8.42 Å². The SMILES string of the molecule is Cc1ccc(C)c(N2CCN(S(=O)(=O)c3cc(C)ccc3C)CC2)c1. The second-order valence-electron chi connectivity index (χ2n) is 6.95. The summed E-state index contributed by atoms with van der Waals surface area (Å²) in [5, 5.41) is 0. The van der Waals surface area contributed by atoms with Crippen molar-refractivity contribution in [1.29, 1.82) is 0 Å². The number of sulfonamides is 1. The molecule has 0 aromatic heterocycles. The Balaban J connectivity index is 1.80. The highest BCUT2D eigenvalue weighted by atomic mass is 32.2. The van der Waals surface area contributed by atoms with Gasteiger partial charge in [-0.25, -0.2) is 8.42 Å². The normalized spacial score (nSPS) is 16.2. The van der Waals surface area contributed by atoms with Crippen LogP contribution in [0.15, 0.2) is 41.3 Å². The molecule has 0 unspecified atom stereocenters. The molecule has 0 bridgehead atoms. The Bertz CT molecular complexity index is 883. The van der Waals surface area contributed by atoms with Gasteiger partial charge < -0.3 is 4.90 Å². The lowest BCUT2D eigenvalue weighted by Crippen LogP contribution is -2.49. The first-order valence-electron chi connectivity index (χ1n) is 8.68. The zero-order chi connectivity index (χ0) is 18.2. The maximum Gasteiger partial charge on any atom is 0.243 e. The molecule has 134 valence electrons. The lowest BCUT2D eigenvalue weighted by molar-refractivity contribution is 0.384. The highest BCUT2D eigenvalue weighted by molar-refractivity contribution is 7.89. The van der Waals surface area contributed by atoms with Gasteiger partial charge >= 0.3 is 0 Å². The van der Waals surface area contributed by atoms with Crippen molar-refractivity contribution in [2.24, 2.45) is 0 Å². The van der Waals surface area contributed by atoms with Gasteiger partial charge in [-0.15, -0.1) is 0 Å². The Morgan fingerprint density at radius 2 is 1.32 bits per heavy atom. The van der Waals surface area contributed by atoms with E-state index >= 15 is 0 Å². The molecule has 4 nitrogen and oxygen atoms in total. The minimum absolute atomic E-state index is 0.438. The summed E-state index contributed by atoms with van der Waals surface area (Å²) < 4.78 is 27.7. The van der Waals surface area contributed by atoms with E-state index in [2.05, 4.69) is 36.9 Å². The Morgan fingerprint density at radius 1 is 0.760 bits per heavy atom. The second kappa shape index (κ2) is 6.81. The predicted molar refractivity (Wildman–Crippen MR) is 103 cm³/mol. The fourth-order valence-electron chi connectivity index (χ4n) is 3.35.